The first kappa shape index (κ1) is 12.9. The van der Waals surface area contributed by atoms with Crippen molar-refractivity contribution in [3.8, 4) is 0 Å². The van der Waals surface area contributed by atoms with E-state index in [9.17, 15) is 9.59 Å². The minimum absolute atomic E-state index is 0.179. The average molecular weight is 205 g/mol. The summed E-state index contributed by atoms with van der Waals surface area (Å²) >= 11 is 0. The first-order chi connectivity index (χ1) is 6.36. The van der Waals surface area contributed by atoms with Gasteiger partial charge in [0, 0.05) is 0 Å². The van der Waals surface area contributed by atoms with E-state index in [-0.39, 0.29) is 5.92 Å². The van der Waals surface area contributed by atoms with Crippen LogP contribution < -0.4 is 5.32 Å². The number of nitrogens with one attached hydrogen (secondary N) is 1. The molecule has 0 bridgehead atoms. The first-order valence-corrected chi connectivity index (χ1v) is 4.23. The lowest BCUT2D eigenvalue weighted by Crippen LogP contribution is -2.50. The summed E-state index contributed by atoms with van der Waals surface area (Å²) in [7, 11) is 0. The molecule has 0 heterocycles. The van der Waals surface area contributed by atoms with E-state index in [4.69, 9.17) is 15.3 Å². The number of hydrogen-bond acceptors (Lipinski definition) is 4. The Kier molecular flexibility index (Phi) is 5.11. The van der Waals surface area contributed by atoms with Gasteiger partial charge in [-0.05, 0) is 12.5 Å². The molecule has 82 valence electrons. The summed E-state index contributed by atoms with van der Waals surface area (Å²) in [6.07, 6.45) is -1.92. The number of aliphatic hydroxyl groups is 1. The Morgan fingerprint density at radius 3 is 2.00 bits per heavy atom. The van der Waals surface area contributed by atoms with Gasteiger partial charge < -0.3 is 20.6 Å². The average Bonchev–Trinajstić information content (AvgIpc) is 2.02. The molecule has 0 radical (unpaired) electrons. The van der Waals surface area contributed by atoms with Crippen molar-refractivity contribution in [3.63, 3.8) is 0 Å². The van der Waals surface area contributed by atoms with Crippen LogP contribution in [0.1, 0.15) is 13.8 Å². The number of aliphatic hydroxyl groups excluding tert-OH is 1. The predicted molar refractivity (Wildman–Crippen MR) is 47.9 cm³/mol. The zero-order chi connectivity index (χ0) is 11.3. The van der Waals surface area contributed by atoms with Gasteiger partial charge >= 0.3 is 11.9 Å². The summed E-state index contributed by atoms with van der Waals surface area (Å²) in [5, 5.41) is 28.5. The Hall–Kier alpha value is -1.14. The van der Waals surface area contributed by atoms with Gasteiger partial charge in [-0.1, -0.05) is 13.8 Å². The highest BCUT2D eigenvalue weighted by atomic mass is 16.4. The number of hydrogen-bond donors (Lipinski definition) is 4. The second kappa shape index (κ2) is 5.56. The quantitative estimate of drug-likeness (QED) is 0.449. The lowest BCUT2D eigenvalue weighted by Gasteiger charge is -2.18. The molecule has 0 fully saturated rings. The molecule has 0 aliphatic heterocycles. The molecule has 0 saturated heterocycles. The van der Waals surface area contributed by atoms with Crippen molar-refractivity contribution in [1.82, 2.24) is 5.32 Å². The van der Waals surface area contributed by atoms with E-state index in [1.54, 1.807) is 0 Å². The molecular formula is C8H15NO5. The van der Waals surface area contributed by atoms with E-state index in [1.165, 1.54) is 0 Å². The van der Waals surface area contributed by atoms with Crippen LogP contribution in [-0.2, 0) is 9.59 Å². The maximum absolute atomic E-state index is 10.6. The van der Waals surface area contributed by atoms with Crippen LogP contribution in [0.25, 0.3) is 0 Å². The highest BCUT2D eigenvalue weighted by Gasteiger charge is 2.31. The number of carbonyl (C=O) groups is 2. The standard InChI is InChI=1S/C8H15NO5/c1-4(2)3-9-5(7(11)12)6(10)8(13)14/h4-6,9-10H,3H2,1-2H3,(H,11,12)(H,13,14). The van der Waals surface area contributed by atoms with Gasteiger partial charge in [-0.15, -0.1) is 0 Å². The smallest absolute Gasteiger partial charge is 0.334 e. The molecule has 14 heavy (non-hydrogen) atoms. The van der Waals surface area contributed by atoms with E-state index in [1.807, 2.05) is 13.8 Å². The van der Waals surface area contributed by atoms with Crippen LogP contribution in [0.2, 0.25) is 0 Å². The van der Waals surface area contributed by atoms with Crippen LogP contribution in [0.4, 0.5) is 0 Å². The molecule has 0 saturated carbocycles. The molecule has 0 rings (SSSR count). The van der Waals surface area contributed by atoms with Gasteiger partial charge in [0.1, 0.15) is 6.04 Å². The second-order valence-corrected chi connectivity index (χ2v) is 3.40. The Morgan fingerprint density at radius 1 is 1.21 bits per heavy atom. The van der Waals surface area contributed by atoms with Crippen LogP contribution in [0, 0.1) is 5.92 Å². The summed E-state index contributed by atoms with van der Waals surface area (Å²) in [5.74, 6) is -2.74. The van der Waals surface area contributed by atoms with Crippen LogP contribution in [0.15, 0.2) is 0 Å². The molecule has 0 amide bonds. The lowest BCUT2D eigenvalue weighted by atomic mass is 10.1. The molecular weight excluding hydrogens is 190 g/mol. The number of carboxylic acid groups (broad SMARTS) is 2. The minimum Gasteiger partial charge on any atom is -0.480 e. The fraction of sp³-hybridized carbons (Fsp3) is 0.750. The fourth-order valence-electron chi connectivity index (χ4n) is 0.839. The molecule has 0 aromatic carbocycles. The first-order valence-electron chi connectivity index (χ1n) is 4.23. The molecule has 6 nitrogen and oxygen atoms in total. The van der Waals surface area contributed by atoms with Crippen molar-refractivity contribution in [3.05, 3.63) is 0 Å². The van der Waals surface area contributed by atoms with Gasteiger partial charge in [0.15, 0.2) is 6.10 Å². The van der Waals surface area contributed by atoms with E-state index in [0.29, 0.717) is 6.54 Å². The zero-order valence-corrected chi connectivity index (χ0v) is 8.10. The van der Waals surface area contributed by atoms with Gasteiger partial charge in [0.25, 0.3) is 0 Å². The van der Waals surface area contributed by atoms with Crippen molar-refractivity contribution in [2.45, 2.75) is 26.0 Å². The van der Waals surface area contributed by atoms with Crippen LogP contribution >= 0.6 is 0 Å². The molecule has 2 unspecified atom stereocenters. The van der Waals surface area contributed by atoms with E-state index in [2.05, 4.69) is 5.32 Å². The van der Waals surface area contributed by atoms with Gasteiger partial charge in [-0.2, -0.15) is 0 Å². The van der Waals surface area contributed by atoms with Crippen LogP contribution in [0.5, 0.6) is 0 Å². The summed E-state index contributed by atoms with van der Waals surface area (Å²) in [5.41, 5.74) is 0. The fourth-order valence-corrected chi connectivity index (χ4v) is 0.839. The highest BCUT2D eigenvalue weighted by Crippen LogP contribution is 1.97. The summed E-state index contributed by atoms with van der Waals surface area (Å²) in [6, 6.07) is -1.46. The molecule has 4 N–H and O–H groups in total. The third kappa shape index (κ3) is 4.20. The molecule has 0 aromatic rings. The Bertz CT molecular complexity index is 216. The molecule has 2 atom stereocenters. The van der Waals surface area contributed by atoms with E-state index >= 15 is 0 Å². The molecule has 0 aliphatic carbocycles. The Morgan fingerprint density at radius 2 is 1.71 bits per heavy atom. The van der Waals surface area contributed by atoms with Crippen molar-refractivity contribution in [2.75, 3.05) is 6.54 Å². The van der Waals surface area contributed by atoms with Crippen molar-refractivity contribution < 1.29 is 24.9 Å². The highest BCUT2D eigenvalue weighted by molar-refractivity contribution is 5.84. The second-order valence-electron chi connectivity index (χ2n) is 3.40. The van der Waals surface area contributed by atoms with Gasteiger partial charge in [-0.3, -0.25) is 4.79 Å². The van der Waals surface area contributed by atoms with Gasteiger partial charge in [0.05, 0.1) is 0 Å². The maximum atomic E-state index is 10.6. The largest absolute Gasteiger partial charge is 0.480 e. The van der Waals surface area contributed by atoms with Gasteiger partial charge in [0.2, 0.25) is 0 Å². The molecule has 6 heteroatoms. The molecule has 0 spiro atoms. The maximum Gasteiger partial charge on any atom is 0.334 e. The number of rotatable bonds is 6. The summed E-state index contributed by atoms with van der Waals surface area (Å²) in [6.45, 7) is 4.03. The normalized spacial score (nSPS) is 15.1. The van der Waals surface area contributed by atoms with Crippen molar-refractivity contribution in [1.29, 1.82) is 0 Å². The molecule has 0 aliphatic rings. The van der Waals surface area contributed by atoms with Crippen LogP contribution in [-0.4, -0.2) is 45.9 Å². The SMILES string of the molecule is CC(C)CNC(C(=O)O)C(O)C(=O)O. The van der Waals surface area contributed by atoms with E-state index in [0.717, 1.165) is 0 Å². The summed E-state index contributed by atoms with van der Waals surface area (Å²) < 4.78 is 0. The number of aliphatic carboxylic acids is 2. The van der Waals surface area contributed by atoms with Crippen molar-refractivity contribution >= 4 is 11.9 Å². The third-order valence-electron chi connectivity index (χ3n) is 1.58. The van der Waals surface area contributed by atoms with E-state index < -0.39 is 24.1 Å². The Labute approximate surface area is 81.5 Å². The summed E-state index contributed by atoms with van der Waals surface area (Å²) in [4.78, 5) is 20.9. The monoisotopic (exact) mass is 205 g/mol. The topological polar surface area (TPSA) is 107 Å². The number of carboxylic acids is 2. The Balaban J connectivity index is 4.29. The van der Waals surface area contributed by atoms with Gasteiger partial charge in [-0.25, -0.2) is 4.79 Å². The predicted octanol–water partition coefficient (Wildman–Crippen LogP) is -0.869. The van der Waals surface area contributed by atoms with Crippen molar-refractivity contribution in [2.24, 2.45) is 5.92 Å². The molecule has 0 aromatic heterocycles. The third-order valence-corrected chi connectivity index (χ3v) is 1.58. The minimum atomic E-state index is -1.92. The lowest BCUT2D eigenvalue weighted by molar-refractivity contribution is -0.156. The zero-order valence-electron chi connectivity index (χ0n) is 8.10. The van der Waals surface area contributed by atoms with Crippen LogP contribution in [0.3, 0.4) is 0 Å².